The van der Waals surface area contributed by atoms with Gasteiger partial charge < -0.3 is 14.8 Å². The number of benzene rings is 3. The Morgan fingerprint density at radius 2 is 1.71 bits per heavy atom. The van der Waals surface area contributed by atoms with Crippen LogP contribution < -0.4 is 14.8 Å². The standard InChI is InChI=1S/C22H20Cl2FNO2/c1-27-21-4-2-3-16(13-26-12-15-5-9-19(25)10-6-15)22(21)28-14-17-7-8-18(23)11-20(17)24/h2-11,26H,12-14H2,1H3. The van der Waals surface area contributed by atoms with Crippen molar-refractivity contribution < 1.29 is 13.9 Å². The molecule has 0 saturated carbocycles. The molecule has 0 heterocycles. The lowest BCUT2D eigenvalue weighted by atomic mass is 10.1. The maximum atomic E-state index is 13.0. The van der Waals surface area contributed by atoms with Gasteiger partial charge >= 0.3 is 0 Å². The summed E-state index contributed by atoms with van der Waals surface area (Å²) in [5, 5.41) is 4.48. The van der Waals surface area contributed by atoms with Gasteiger partial charge in [-0.3, -0.25) is 0 Å². The number of rotatable bonds is 8. The van der Waals surface area contributed by atoms with Gasteiger partial charge in [0.15, 0.2) is 11.5 Å². The number of methoxy groups -OCH3 is 1. The highest BCUT2D eigenvalue weighted by atomic mass is 35.5. The van der Waals surface area contributed by atoms with E-state index in [1.807, 2.05) is 24.3 Å². The molecule has 6 heteroatoms. The zero-order chi connectivity index (χ0) is 19.9. The zero-order valence-electron chi connectivity index (χ0n) is 15.3. The Morgan fingerprint density at radius 1 is 0.929 bits per heavy atom. The third-order valence-corrected chi connectivity index (χ3v) is 4.81. The number of hydrogen-bond donors (Lipinski definition) is 1. The molecule has 1 N–H and O–H groups in total. The highest BCUT2D eigenvalue weighted by Crippen LogP contribution is 2.32. The fourth-order valence-corrected chi connectivity index (χ4v) is 3.22. The lowest BCUT2D eigenvalue weighted by Gasteiger charge is -2.16. The summed E-state index contributed by atoms with van der Waals surface area (Å²) < 4.78 is 24.5. The third-order valence-electron chi connectivity index (χ3n) is 4.23. The lowest BCUT2D eigenvalue weighted by molar-refractivity contribution is 0.280. The van der Waals surface area contributed by atoms with Crippen LogP contribution in [0.4, 0.5) is 4.39 Å². The zero-order valence-corrected chi connectivity index (χ0v) is 16.9. The number of ether oxygens (including phenoxy) is 2. The Balaban J connectivity index is 1.69. The molecule has 146 valence electrons. The van der Waals surface area contributed by atoms with Crippen molar-refractivity contribution >= 4 is 23.2 Å². The van der Waals surface area contributed by atoms with Crippen molar-refractivity contribution in [2.45, 2.75) is 19.7 Å². The smallest absolute Gasteiger partial charge is 0.166 e. The first-order valence-corrected chi connectivity index (χ1v) is 9.50. The first-order valence-electron chi connectivity index (χ1n) is 8.74. The molecule has 0 fully saturated rings. The van der Waals surface area contributed by atoms with E-state index in [4.69, 9.17) is 32.7 Å². The minimum Gasteiger partial charge on any atom is -0.493 e. The highest BCUT2D eigenvalue weighted by molar-refractivity contribution is 6.35. The quantitative estimate of drug-likeness (QED) is 0.484. The van der Waals surface area contributed by atoms with E-state index >= 15 is 0 Å². The molecule has 3 rings (SSSR count). The molecule has 3 aromatic rings. The molecule has 0 amide bonds. The molecule has 0 aromatic heterocycles. The topological polar surface area (TPSA) is 30.5 Å². The van der Waals surface area contributed by atoms with E-state index in [0.717, 1.165) is 16.7 Å². The summed E-state index contributed by atoms with van der Waals surface area (Å²) >= 11 is 12.2. The normalized spacial score (nSPS) is 10.7. The van der Waals surface area contributed by atoms with Crippen molar-refractivity contribution in [2.75, 3.05) is 7.11 Å². The summed E-state index contributed by atoms with van der Waals surface area (Å²) in [6.07, 6.45) is 0. The molecular formula is C22H20Cl2FNO2. The SMILES string of the molecule is COc1cccc(CNCc2ccc(F)cc2)c1OCc1ccc(Cl)cc1Cl. The van der Waals surface area contributed by atoms with Crippen molar-refractivity contribution in [3.63, 3.8) is 0 Å². The molecule has 28 heavy (non-hydrogen) atoms. The van der Waals surface area contributed by atoms with Crippen LogP contribution in [0.1, 0.15) is 16.7 Å². The van der Waals surface area contributed by atoms with Gasteiger partial charge in [0.1, 0.15) is 12.4 Å². The fraction of sp³-hybridized carbons (Fsp3) is 0.182. The van der Waals surface area contributed by atoms with Gasteiger partial charge in [-0.2, -0.15) is 0 Å². The summed E-state index contributed by atoms with van der Waals surface area (Å²) in [6, 6.07) is 17.5. The Labute approximate surface area is 174 Å². The van der Waals surface area contributed by atoms with E-state index < -0.39 is 0 Å². The van der Waals surface area contributed by atoms with E-state index in [-0.39, 0.29) is 5.82 Å². The monoisotopic (exact) mass is 419 g/mol. The van der Waals surface area contributed by atoms with Gasteiger partial charge in [-0.15, -0.1) is 0 Å². The van der Waals surface area contributed by atoms with Crippen molar-refractivity contribution in [2.24, 2.45) is 0 Å². The van der Waals surface area contributed by atoms with Gasteiger partial charge in [-0.05, 0) is 35.9 Å². The summed E-state index contributed by atoms with van der Waals surface area (Å²) in [4.78, 5) is 0. The maximum Gasteiger partial charge on any atom is 0.166 e. The summed E-state index contributed by atoms with van der Waals surface area (Å²) in [6.45, 7) is 1.47. The van der Waals surface area contributed by atoms with Crippen LogP contribution in [0.15, 0.2) is 60.7 Å². The second-order valence-corrected chi connectivity index (χ2v) is 7.05. The van der Waals surface area contributed by atoms with E-state index in [1.165, 1.54) is 12.1 Å². The predicted molar refractivity (Wildman–Crippen MR) is 111 cm³/mol. The molecule has 0 aliphatic rings. The van der Waals surface area contributed by atoms with Crippen LogP contribution in [-0.4, -0.2) is 7.11 Å². The molecule has 3 aromatic carbocycles. The van der Waals surface area contributed by atoms with Gasteiger partial charge in [0.05, 0.1) is 7.11 Å². The fourth-order valence-electron chi connectivity index (χ4n) is 2.76. The predicted octanol–water partition coefficient (Wildman–Crippen LogP) is 6.01. The van der Waals surface area contributed by atoms with Crippen LogP contribution in [-0.2, 0) is 19.7 Å². The van der Waals surface area contributed by atoms with Crippen molar-refractivity contribution in [3.8, 4) is 11.5 Å². The Kier molecular flexibility index (Phi) is 7.15. The Morgan fingerprint density at radius 3 is 2.43 bits per heavy atom. The first kappa shape index (κ1) is 20.5. The Hall–Kier alpha value is -2.27. The van der Waals surface area contributed by atoms with Crippen LogP contribution in [0.5, 0.6) is 11.5 Å². The van der Waals surface area contributed by atoms with Crippen molar-refractivity contribution in [1.29, 1.82) is 0 Å². The van der Waals surface area contributed by atoms with Gasteiger partial charge in [-0.25, -0.2) is 4.39 Å². The average Bonchev–Trinajstić information content (AvgIpc) is 2.69. The molecule has 3 nitrogen and oxygen atoms in total. The second-order valence-electron chi connectivity index (χ2n) is 6.20. The van der Waals surface area contributed by atoms with E-state index in [1.54, 1.807) is 31.4 Å². The molecule has 0 bridgehead atoms. The average molecular weight is 420 g/mol. The number of hydrogen-bond acceptors (Lipinski definition) is 3. The summed E-state index contributed by atoms with van der Waals surface area (Å²) in [7, 11) is 1.60. The largest absolute Gasteiger partial charge is 0.493 e. The molecule has 0 saturated heterocycles. The van der Waals surface area contributed by atoms with Gasteiger partial charge in [0.25, 0.3) is 0 Å². The van der Waals surface area contributed by atoms with Crippen LogP contribution >= 0.6 is 23.2 Å². The van der Waals surface area contributed by atoms with Crippen molar-refractivity contribution in [3.05, 3.63) is 93.2 Å². The molecule has 0 radical (unpaired) electrons. The molecule has 0 spiro atoms. The van der Waals surface area contributed by atoms with Crippen LogP contribution in [0.25, 0.3) is 0 Å². The highest BCUT2D eigenvalue weighted by Gasteiger charge is 2.12. The van der Waals surface area contributed by atoms with E-state index in [2.05, 4.69) is 5.32 Å². The van der Waals surface area contributed by atoms with Crippen LogP contribution in [0.2, 0.25) is 10.0 Å². The second kappa shape index (κ2) is 9.78. The number of nitrogens with one attached hydrogen (secondary N) is 1. The number of halogens is 3. The lowest BCUT2D eigenvalue weighted by Crippen LogP contribution is -2.14. The van der Waals surface area contributed by atoms with Gasteiger partial charge in [0.2, 0.25) is 0 Å². The van der Waals surface area contributed by atoms with E-state index in [9.17, 15) is 4.39 Å². The maximum absolute atomic E-state index is 13.0. The van der Waals surface area contributed by atoms with Crippen LogP contribution in [0.3, 0.4) is 0 Å². The first-order chi connectivity index (χ1) is 13.6. The minimum absolute atomic E-state index is 0.243. The molecular weight excluding hydrogens is 400 g/mol. The molecule has 0 aliphatic carbocycles. The number of para-hydroxylation sites is 1. The Bertz CT molecular complexity index is 932. The van der Waals surface area contributed by atoms with Crippen LogP contribution in [0, 0.1) is 5.82 Å². The third kappa shape index (κ3) is 5.38. The summed E-state index contributed by atoms with van der Waals surface area (Å²) in [5.74, 6) is 1.06. The van der Waals surface area contributed by atoms with Crippen molar-refractivity contribution in [1.82, 2.24) is 5.32 Å². The summed E-state index contributed by atoms with van der Waals surface area (Å²) in [5.41, 5.74) is 2.79. The minimum atomic E-state index is -0.243. The van der Waals surface area contributed by atoms with E-state index in [0.29, 0.717) is 41.2 Å². The molecule has 0 aliphatic heterocycles. The molecule has 0 atom stereocenters. The molecule has 0 unspecified atom stereocenters. The van der Waals surface area contributed by atoms with Gasteiger partial charge in [0, 0.05) is 34.3 Å². The van der Waals surface area contributed by atoms with Gasteiger partial charge in [-0.1, -0.05) is 53.5 Å².